The van der Waals surface area contributed by atoms with E-state index in [2.05, 4.69) is 6.58 Å². The predicted octanol–water partition coefficient (Wildman–Crippen LogP) is -1.32. The lowest BCUT2D eigenvalue weighted by molar-refractivity contribution is -0.0465. The summed E-state index contributed by atoms with van der Waals surface area (Å²) >= 11 is 0. The molecule has 1 unspecified atom stereocenters. The van der Waals surface area contributed by atoms with Gasteiger partial charge in [-0.15, -0.1) is 6.58 Å². The van der Waals surface area contributed by atoms with Crippen LogP contribution in [0.2, 0.25) is 0 Å². The van der Waals surface area contributed by atoms with Crippen LogP contribution in [0.5, 0.6) is 0 Å². The van der Waals surface area contributed by atoms with Gasteiger partial charge in [0, 0.05) is 18.2 Å². The van der Waals surface area contributed by atoms with Gasteiger partial charge in [0.15, 0.2) is 0 Å². The topological polar surface area (TPSA) is 114 Å². The molecule has 1 aromatic heterocycles. The summed E-state index contributed by atoms with van der Waals surface area (Å²) in [5.41, 5.74) is -0.881. The quantitative estimate of drug-likeness (QED) is 0.581. The highest BCUT2D eigenvalue weighted by atomic mass is 16.5. The minimum absolute atomic E-state index is 0.126. The summed E-state index contributed by atoms with van der Waals surface area (Å²) in [6, 6.07) is -0.842. The van der Waals surface area contributed by atoms with Crippen LogP contribution < -0.4 is 11.2 Å². The highest BCUT2D eigenvalue weighted by molar-refractivity contribution is 5.06. The van der Waals surface area contributed by atoms with Crippen LogP contribution in [0, 0.1) is 6.92 Å². The maximum Gasteiger partial charge on any atom is 0.333 e. The van der Waals surface area contributed by atoms with Crippen LogP contribution in [0.1, 0.15) is 24.3 Å². The van der Waals surface area contributed by atoms with E-state index in [1.54, 1.807) is 6.92 Å². The van der Waals surface area contributed by atoms with Crippen molar-refractivity contribution in [1.82, 2.24) is 9.13 Å². The Morgan fingerprint density at radius 2 is 2.18 bits per heavy atom. The zero-order valence-electron chi connectivity index (χ0n) is 12.3. The Bertz CT molecular complexity index is 664. The zero-order chi connectivity index (χ0) is 16.4. The lowest BCUT2D eigenvalue weighted by Gasteiger charge is -2.19. The van der Waals surface area contributed by atoms with Gasteiger partial charge in [-0.25, -0.2) is 4.79 Å². The van der Waals surface area contributed by atoms with Crippen LogP contribution in [-0.2, 0) is 4.74 Å². The number of hydrogen-bond acceptors (Lipinski definition) is 6. The lowest BCUT2D eigenvalue weighted by Crippen LogP contribution is -2.44. The van der Waals surface area contributed by atoms with Crippen molar-refractivity contribution in [2.75, 3.05) is 13.2 Å². The number of aryl methyl sites for hydroxylation is 1. The molecule has 1 fully saturated rings. The summed E-state index contributed by atoms with van der Waals surface area (Å²) in [5.74, 6) is 0. The SMILES string of the molecule is C=CC(CO)n1c(=O)c(C)cn([C@H]2C[C@H](O)[C@@H](CO)O2)c1=O. The lowest BCUT2D eigenvalue weighted by atomic mass is 10.2. The van der Waals surface area contributed by atoms with Crippen LogP contribution in [0.3, 0.4) is 0 Å². The Hall–Kier alpha value is -1.74. The summed E-state index contributed by atoms with van der Waals surface area (Å²) in [5, 5.41) is 28.2. The summed E-state index contributed by atoms with van der Waals surface area (Å²) in [6.07, 6.45) is 0.347. The average Bonchev–Trinajstić information content (AvgIpc) is 2.88. The molecule has 4 atom stereocenters. The molecule has 122 valence electrons. The molecule has 1 saturated heterocycles. The Balaban J connectivity index is 2.53. The van der Waals surface area contributed by atoms with Crippen LogP contribution in [0.15, 0.2) is 28.4 Å². The highest BCUT2D eigenvalue weighted by Gasteiger charge is 2.35. The van der Waals surface area contributed by atoms with Gasteiger partial charge in [-0.05, 0) is 6.92 Å². The minimum Gasteiger partial charge on any atom is -0.394 e. The van der Waals surface area contributed by atoms with E-state index in [1.165, 1.54) is 16.8 Å². The summed E-state index contributed by atoms with van der Waals surface area (Å²) in [6.45, 7) is 4.26. The number of ether oxygens (including phenoxy) is 1. The molecule has 2 heterocycles. The predicted molar refractivity (Wildman–Crippen MR) is 77.6 cm³/mol. The van der Waals surface area contributed by atoms with Crippen molar-refractivity contribution in [3.05, 3.63) is 45.3 Å². The molecule has 0 aliphatic carbocycles. The molecule has 1 aliphatic rings. The smallest absolute Gasteiger partial charge is 0.333 e. The Labute approximate surface area is 126 Å². The molecule has 0 saturated carbocycles. The van der Waals surface area contributed by atoms with Gasteiger partial charge in [-0.3, -0.25) is 13.9 Å². The monoisotopic (exact) mass is 312 g/mol. The van der Waals surface area contributed by atoms with Crippen LogP contribution >= 0.6 is 0 Å². The standard InChI is InChI=1S/C14H20N2O6/c1-3-9(6-17)16-13(20)8(2)5-15(14(16)21)12-4-10(19)11(7-18)22-12/h3,5,9-12,17-19H,1,4,6-7H2,2H3/t9?,10-,11+,12+/m0/s1. The van der Waals surface area contributed by atoms with Crippen molar-refractivity contribution in [2.45, 2.75) is 37.8 Å². The van der Waals surface area contributed by atoms with E-state index in [1.807, 2.05) is 0 Å². The second-order valence-electron chi connectivity index (χ2n) is 5.28. The van der Waals surface area contributed by atoms with E-state index in [4.69, 9.17) is 9.84 Å². The Kier molecular flexibility index (Phi) is 4.97. The summed E-state index contributed by atoms with van der Waals surface area (Å²) < 4.78 is 7.55. The van der Waals surface area contributed by atoms with Gasteiger partial charge < -0.3 is 20.1 Å². The number of aliphatic hydroxyl groups is 3. The number of aromatic nitrogens is 2. The fourth-order valence-electron chi connectivity index (χ4n) is 2.53. The molecule has 0 bridgehead atoms. The van der Waals surface area contributed by atoms with Gasteiger partial charge in [0.05, 0.1) is 25.4 Å². The van der Waals surface area contributed by atoms with Gasteiger partial charge in [-0.2, -0.15) is 0 Å². The van der Waals surface area contributed by atoms with Crippen LogP contribution in [0.4, 0.5) is 0 Å². The average molecular weight is 312 g/mol. The third-order valence-corrected chi connectivity index (χ3v) is 3.80. The van der Waals surface area contributed by atoms with Crippen molar-refractivity contribution in [3.63, 3.8) is 0 Å². The largest absolute Gasteiger partial charge is 0.394 e. The van der Waals surface area contributed by atoms with E-state index in [0.717, 1.165) is 4.57 Å². The zero-order valence-corrected chi connectivity index (χ0v) is 12.3. The van der Waals surface area contributed by atoms with E-state index in [0.29, 0.717) is 5.56 Å². The first-order valence-electron chi connectivity index (χ1n) is 6.96. The molecule has 0 spiro atoms. The summed E-state index contributed by atoms with van der Waals surface area (Å²) in [4.78, 5) is 24.7. The molecule has 2 rings (SSSR count). The number of hydrogen-bond donors (Lipinski definition) is 3. The normalized spacial score (nSPS) is 26.1. The molecule has 22 heavy (non-hydrogen) atoms. The van der Waals surface area contributed by atoms with Crippen molar-refractivity contribution < 1.29 is 20.1 Å². The molecule has 0 aromatic carbocycles. The highest BCUT2D eigenvalue weighted by Crippen LogP contribution is 2.27. The first-order valence-corrected chi connectivity index (χ1v) is 6.96. The van der Waals surface area contributed by atoms with E-state index in [9.17, 15) is 19.8 Å². The third kappa shape index (κ3) is 2.78. The number of aliphatic hydroxyl groups excluding tert-OH is 3. The number of nitrogens with zero attached hydrogens (tertiary/aromatic N) is 2. The second kappa shape index (κ2) is 6.57. The molecule has 3 N–H and O–H groups in total. The van der Waals surface area contributed by atoms with Gasteiger partial charge in [-0.1, -0.05) is 6.08 Å². The molecule has 1 aliphatic heterocycles. The van der Waals surface area contributed by atoms with Gasteiger partial charge in [0.1, 0.15) is 12.3 Å². The molecule has 0 amide bonds. The van der Waals surface area contributed by atoms with Crippen LogP contribution in [0.25, 0.3) is 0 Å². The van der Waals surface area contributed by atoms with Gasteiger partial charge >= 0.3 is 5.69 Å². The Morgan fingerprint density at radius 1 is 1.50 bits per heavy atom. The minimum atomic E-state index is -0.893. The summed E-state index contributed by atoms with van der Waals surface area (Å²) in [7, 11) is 0. The molecule has 0 radical (unpaired) electrons. The third-order valence-electron chi connectivity index (χ3n) is 3.80. The van der Waals surface area contributed by atoms with Crippen molar-refractivity contribution >= 4 is 0 Å². The first-order chi connectivity index (χ1) is 10.4. The molecule has 8 nitrogen and oxygen atoms in total. The number of rotatable bonds is 5. The molecule has 8 heteroatoms. The maximum atomic E-state index is 12.5. The van der Waals surface area contributed by atoms with Crippen molar-refractivity contribution in [2.24, 2.45) is 0 Å². The molecular formula is C14H20N2O6. The van der Waals surface area contributed by atoms with E-state index in [-0.39, 0.29) is 13.0 Å². The molecule has 1 aromatic rings. The molecular weight excluding hydrogens is 292 g/mol. The van der Waals surface area contributed by atoms with Crippen LogP contribution in [-0.4, -0.2) is 49.9 Å². The fraction of sp³-hybridized carbons (Fsp3) is 0.571. The maximum absolute atomic E-state index is 12.5. The van der Waals surface area contributed by atoms with Crippen molar-refractivity contribution in [1.29, 1.82) is 0 Å². The fourth-order valence-corrected chi connectivity index (χ4v) is 2.53. The van der Waals surface area contributed by atoms with Gasteiger partial charge in [0.2, 0.25) is 0 Å². The first kappa shape index (κ1) is 16.6. The van der Waals surface area contributed by atoms with E-state index < -0.39 is 42.3 Å². The van der Waals surface area contributed by atoms with E-state index >= 15 is 0 Å². The Morgan fingerprint density at radius 3 is 2.68 bits per heavy atom. The van der Waals surface area contributed by atoms with Gasteiger partial charge in [0.25, 0.3) is 5.56 Å². The van der Waals surface area contributed by atoms with Crippen molar-refractivity contribution in [3.8, 4) is 0 Å². The second-order valence-corrected chi connectivity index (χ2v) is 5.28.